The average molecular weight is 304 g/mol. The third kappa shape index (κ3) is 3.06. The first-order valence-corrected chi connectivity index (χ1v) is 6.99. The minimum absolute atomic E-state index is 0.129. The van der Waals surface area contributed by atoms with Crippen LogP contribution in [-0.2, 0) is 11.3 Å². The number of hydrogen-bond acceptors (Lipinski definition) is 7. The van der Waals surface area contributed by atoms with Crippen molar-refractivity contribution in [2.45, 2.75) is 25.5 Å². The third-order valence-corrected chi connectivity index (χ3v) is 3.31. The van der Waals surface area contributed by atoms with Crippen LogP contribution < -0.4 is 10.1 Å². The van der Waals surface area contributed by atoms with Gasteiger partial charge in [0, 0.05) is 12.8 Å². The number of pyridine rings is 1. The van der Waals surface area contributed by atoms with Gasteiger partial charge in [0.05, 0.1) is 13.7 Å². The lowest BCUT2D eigenvalue weighted by Gasteiger charge is -2.06. The van der Waals surface area contributed by atoms with Crippen molar-refractivity contribution in [1.82, 2.24) is 20.4 Å². The number of rotatable bonds is 5. The average Bonchev–Trinajstić information content (AvgIpc) is 3.23. The summed E-state index contributed by atoms with van der Waals surface area (Å²) in [5, 5.41) is 6.55. The van der Waals surface area contributed by atoms with Gasteiger partial charge in [0.25, 0.3) is 11.8 Å². The Balaban J connectivity index is 1.61. The van der Waals surface area contributed by atoms with Crippen molar-refractivity contribution in [1.29, 1.82) is 0 Å². The number of nitrogens with zero attached hydrogens (tertiary/aromatic N) is 3. The molecule has 1 atom stereocenters. The van der Waals surface area contributed by atoms with Crippen molar-refractivity contribution in [2.24, 2.45) is 0 Å². The lowest BCUT2D eigenvalue weighted by atomic mass is 10.2. The van der Waals surface area contributed by atoms with E-state index in [2.05, 4.69) is 20.4 Å². The van der Waals surface area contributed by atoms with Gasteiger partial charge in [-0.1, -0.05) is 5.16 Å². The molecule has 2 aromatic heterocycles. The molecule has 0 bridgehead atoms. The van der Waals surface area contributed by atoms with E-state index in [-0.39, 0.29) is 24.4 Å². The van der Waals surface area contributed by atoms with Gasteiger partial charge in [0.15, 0.2) is 5.82 Å². The van der Waals surface area contributed by atoms with E-state index in [4.69, 9.17) is 14.0 Å². The number of nitrogens with one attached hydrogen (secondary N) is 1. The zero-order valence-electron chi connectivity index (χ0n) is 12.1. The predicted molar refractivity (Wildman–Crippen MR) is 74.2 cm³/mol. The molecular formula is C14H16N4O4. The summed E-state index contributed by atoms with van der Waals surface area (Å²) in [5.74, 6) is 0.823. The van der Waals surface area contributed by atoms with Crippen molar-refractivity contribution in [3.63, 3.8) is 0 Å². The zero-order valence-corrected chi connectivity index (χ0v) is 12.1. The molecule has 0 saturated carbocycles. The molecule has 8 heteroatoms. The first-order valence-electron chi connectivity index (χ1n) is 6.99. The Morgan fingerprint density at radius 3 is 3.23 bits per heavy atom. The fraction of sp³-hybridized carbons (Fsp3) is 0.429. The minimum atomic E-state index is -0.312. The van der Waals surface area contributed by atoms with E-state index in [0.29, 0.717) is 23.9 Å². The van der Waals surface area contributed by atoms with Gasteiger partial charge in [-0.2, -0.15) is 4.98 Å². The topological polar surface area (TPSA) is 99.4 Å². The van der Waals surface area contributed by atoms with Crippen molar-refractivity contribution >= 4 is 5.91 Å². The SMILES string of the molecule is COc1ncccc1C(=O)NCc1noc([C@@H]2CCCO2)n1. The Morgan fingerprint density at radius 2 is 2.45 bits per heavy atom. The molecule has 1 saturated heterocycles. The van der Waals surface area contributed by atoms with Crippen LogP contribution in [0.2, 0.25) is 0 Å². The third-order valence-electron chi connectivity index (χ3n) is 3.31. The summed E-state index contributed by atoms with van der Waals surface area (Å²) in [4.78, 5) is 20.3. The Hall–Kier alpha value is -2.48. The lowest BCUT2D eigenvalue weighted by Crippen LogP contribution is -2.24. The van der Waals surface area contributed by atoms with Crippen LogP contribution in [-0.4, -0.2) is 34.7 Å². The molecule has 0 aromatic carbocycles. The maximum absolute atomic E-state index is 12.1. The predicted octanol–water partition coefficient (Wildman–Crippen LogP) is 1.25. The highest BCUT2D eigenvalue weighted by molar-refractivity contribution is 5.96. The Morgan fingerprint density at radius 1 is 1.55 bits per heavy atom. The lowest BCUT2D eigenvalue weighted by molar-refractivity contribution is 0.0835. The van der Waals surface area contributed by atoms with Gasteiger partial charge >= 0.3 is 0 Å². The van der Waals surface area contributed by atoms with Gasteiger partial charge in [0.1, 0.15) is 11.7 Å². The van der Waals surface area contributed by atoms with Crippen LogP contribution in [0.1, 0.15) is 41.0 Å². The van der Waals surface area contributed by atoms with Crippen LogP contribution in [0.25, 0.3) is 0 Å². The van der Waals surface area contributed by atoms with Crippen LogP contribution in [0.15, 0.2) is 22.9 Å². The molecule has 1 amide bonds. The summed E-state index contributed by atoms with van der Waals surface area (Å²) in [6, 6.07) is 3.30. The van der Waals surface area contributed by atoms with Crippen LogP contribution >= 0.6 is 0 Å². The number of carbonyl (C=O) groups is 1. The number of amides is 1. The molecule has 1 aliphatic rings. The second-order valence-electron chi connectivity index (χ2n) is 4.79. The summed E-state index contributed by atoms with van der Waals surface area (Å²) in [6.45, 7) is 0.868. The molecular weight excluding hydrogens is 288 g/mol. The van der Waals surface area contributed by atoms with Gasteiger partial charge in [-0.15, -0.1) is 0 Å². The van der Waals surface area contributed by atoms with Crippen molar-refractivity contribution < 1.29 is 18.8 Å². The van der Waals surface area contributed by atoms with Crippen molar-refractivity contribution in [3.05, 3.63) is 35.6 Å². The first-order chi connectivity index (χ1) is 10.8. The van der Waals surface area contributed by atoms with E-state index in [1.807, 2.05) is 0 Å². The largest absolute Gasteiger partial charge is 0.480 e. The molecule has 1 aliphatic heterocycles. The Bertz CT molecular complexity index is 652. The quantitative estimate of drug-likeness (QED) is 0.887. The second-order valence-corrected chi connectivity index (χ2v) is 4.79. The minimum Gasteiger partial charge on any atom is -0.480 e. The van der Waals surface area contributed by atoms with Gasteiger partial charge in [-0.25, -0.2) is 4.98 Å². The summed E-state index contributed by atoms with van der Waals surface area (Å²) >= 11 is 0. The van der Waals surface area contributed by atoms with E-state index >= 15 is 0 Å². The maximum Gasteiger partial charge on any atom is 0.257 e. The molecule has 1 fully saturated rings. The highest BCUT2D eigenvalue weighted by atomic mass is 16.5. The summed E-state index contributed by atoms with van der Waals surface area (Å²) in [6.07, 6.45) is 3.29. The van der Waals surface area contributed by atoms with Crippen LogP contribution in [0.5, 0.6) is 5.88 Å². The van der Waals surface area contributed by atoms with Gasteiger partial charge in [-0.3, -0.25) is 4.79 Å². The highest BCUT2D eigenvalue weighted by Crippen LogP contribution is 2.26. The fourth-order valence-corrected chi connectivity index (χ4v) is 2.22. The molecule has 0 aliphatic carbocycles. The van der Waals surface area contributed by atoms with Gasteiger partial charge in [-0.05, 0) is 25.0 Å². The zero-order chi connectivity index (χ0) is 15.4. The van der Waals surface area contributed by atoms with E-state index in [0.717, 1.165) is 12.8 Å². The van der Waals surface area contributed by atoms with Gasteiger partial charge in [0.2, 0.25) is 5.88 Å². The molecule has 22 heavy (non-hydrogen) atoms. The van der Waals surface area contributed by atoms with E-state index < -0.39 is 0 Å². The molecule has 1 N–H and O–H groups in total. The van der Waals surface area contributed by atoms with Crippen LogP contribution in [0.3, 0.4) is 0 Å². The van der Waals surface area contributed by atoms with E-state index in [1.165, 1.54) is 7.11 Å². The van der Waals surface area contributed by atoms with Crippen LogP contribution in [0.4, 0.5) is 0 Å². The maximum atomic E-state index is 12.1. The fourth-order valence-electron chi connectivity index (χ4n) is 2.22. The molecule has 0 unspecified atom stereocenters. The molecule has 0 radical (unpaired) electrons. The first kappa shape index (κ1) is 14.5. The molecule has 3 heterocycles. The number of ether oxygens (including phenoxy) is 2. The van der Waals surface area contributed by atoms with Crippen LogP contribution in [0, 0.1) is 0 Å². The molecule has 8 nitrogen and oxygen atoms in total. The molecule has 2 aromatic rings. The number of carbonyl (C=O) groups excluding carboxylic acids is 1. The van der Waals surface area contributed by atoms with Crippen molar-refractivity contribution in [3.8, 4) is 5.88 Å². The number of methoxy groups -OCH3 is 1. The summed E-state index contributed by atoms with van der Waals surface area (Å²) < 4.78 is 15.7. The smallest absolute Gasteiger partial charge is 0.257 e. The number of hydrogen-bond donors (Lipinski definition) is 1. The summed E-state index contributed by atoms with van der Waals surface area (Å²) in [5.41, 5.74) is 0.354. The Kier molecular flexibility index (Phi) is 4.29. The van der Waals surface area contributed by atoms with Crippen molar-refractivity contribution in [2.75, 3.05) is 13.7 Å². The Labute approximate surface area is 126 Å². The van der Waals surface area contributed by atoms with E-state index in [1.54, 1.807) is 18.3 Å². The molecule has 0 spiro atoms. The monoisotopic (exact) mass is 304 g/mol. The normalized spacial score (nSPS) is 17.4. The second kappa shape index (κ2) is 6.52. The van der Waals surface area contributed by atoms with Gasteiger partial charge < -0.3 is 19.3 Å². The summed E-state index contributed by atoms with van der Waals surface area (Å²) in [7, 11) is 1.46. The molecule has 116 valence electrons. The number of aromatic nitrogens is 3. The highest BCUT2D eigenvalue weighted by Gasteiger charge is 2.24. The molecule has 3 rings (SSSR count). The standard InChI is InChI=1S/C14H16N4O4/c1-20-13-9(4-2-6-15-13)12(19)16-8-11-17-14(22-18-11)10-5-3-7-21-10/h2,4,6,10H,3,5,7-8H2,1H3,(H,16,19)/t10-/m0/s1. The van der Waals surface area contributed by atoms with E-state index in [9.17, 15) is 4.79 Å².